The summed E-state index contributed by atoms with van der Waals surface area (Å²) in [4.78, 5) is 30.8. The van der Waals surface area contributed by atoms with Gasteiger partial charge >= 0.3 is 0 Å². The molecule has 2 heterocycles. The van der Waals surface area contributed by atoms with Gasteiger partial charge in [0.05, 0.1) is 0 Å². The summed E-state index contributed by atoms with van der Waals surface area (Å²) in [6.45, 7) is 1.57. The molecule has 0 fully saturated rings. The van der Waals surface area contributed by atoms with Gasteiger partial charge in [0, 0.05) is 22.3 Å². The molecule has 4 N–H and O–H groups in total. The number of carbonyl (C=O) groups excluding carboxylic acids is 2. The average Bonchev–Trinajstić information content (AvgIpc) is 3.42. The summed E-state index contributed by atoms with van der Waals surface area (Å²) in [5.74, 6) is -1.67. The molecule has 0 spiro atoms. The molecule has 8 nitrogen and oxygen atoms in total. The van der Waals surface area contributed by atoms with Crippen LogP contribution in [0.2, 0.25) is 5.02 Å². The molecule has 11 heteroatoms. The van der Waals surface area contributed by atoms with Crippen LogP contribution in [0.5, 0.6) is 0 Å². The molecule has 1 unspecified atom stereocenters. The lowest BCUT2D eigenvalue weighted by Gasteiger charge is -2.26. The smallest absolute Gasteiger partial charge is 0.244 e. The van der Waals surface area contributed by atoms with Crippen LogP contribution >= 0.6 is 22.9 Å². The van der Waals surface area contributed by atoms with Gasteiger partial charge in [0.15, 0.2) is 5.13 Å². The van der Waals surface area contributed by atoms with E-state index in [0.717, 1.165) is 16.9 Å². The van der Waals surface area contributed by atoms with E-state index in [1.807, 2.05) is 0 Å². The van der Waals surface area contributed by atoms with Gasteiger partial charge < -0.3 is 20.9 Å². The summed E-state index contributed by atoms with van der Waals surface area (Å²) in [6, 6.07) is 13.0. The van der Waals surface area contributed by atoms with E-state index in [1.165, 1.54) is 35.2 Å². The molecule has 0 aliphatic carbocycles. The predicted octanol–water partition coefficient (Wildman–Crippen LogP) is 4.42. The summed E-state index contributed by atoms with van der Waals surface area (Å²) in [5, 5.41) is 4.75. The van der Waals surface area contributed by atoms with Crippen LogP contribution in [0.25, 0.3) is 11.3 Å². The lowest BCUT2D eigenvalue weighted by atomic mass is 10.1. The first-order valence-corrected chi connectivity index (χ1v) is 10.8. The Hall–Kier alpha value is -3.76. The highest BCUT2D eigenvalue weighted by atomic mass is 35.5. The monoisotopic (exact) mass is 485 g/mol. The van der Waals surface area contributed by atoms with Gasteiger partial charge in [-0.1, -0.05) is 40.2 Å². The van der Waals surface area contributed by atoms with Crippen molar-refractivity contribution in [1.29, 1.82) is 0 Å². The molecule has 0 aliphatic heterocycles. The zero-order chi connectivity index (χ0) is 23.7. The summed E-state index contributed by atoms with van der Waals surface area (Å²) in [6.07, 6.45) is 0. The number of nitrogens with two attached hydrogens (primary N) is 2. The number of carbonyl (C=O) groups is 2. The second-order valence-corrected chi connectivity index (χ2v) is 8.46. The Kier molecular flexibility index (Phi) is 6.12. The number of anilines is 3. The predicted molar refractivity (Wildman–Crippen MR) is 124 cm³/mol. The fraction of sp³-hybridized carbons (Fsp3) is 0.0909. The Morgan fingerprint density at radius 1 is 1.15 bits per heavy atom. The van der Waals surface area contributed by atoms with Crippen LogP contribution in [0, 0.1) is 5.82 Å². The fourth-order valence-electron chi connectivity index (χ4n) is 3.07. The minimum atomic E-state index is -0.842. The molecular weight excluding hydrogens is 469 g/mol. The highest BCUT2D eigenvalue weighted by Crippen LogP contribution is 2.36. The van der Waals surface area contributed by atoms with Crippen LogP contribution in [0.15, 0.2) is 59.1 Å². The second-order valence-electron chi connectivity index (χ2n) is 7.05. The number of thiazole rings is 1. The topological polar surface area (TPSA) is 128 Å². The number of primary amides is 1. The maximum atomic E-state index is 13.4. The van der Waals surface area contributed by atoms with E-state index in [-0.39, 0.29) is 21.6 Å². The molecule has 1 atom stereocenters. The molecule has 2 aromatic carbocycles. The van der Waals surface area contributed by atoms with Crippen molar-refractivity contribution >= 4 is 51.3 Å². The van der Waals surface area contributed by atoms with E-state index in [1.54, 1.807) is 31.2 Å². The molecule has 0 bridgehead atoms. The van der Waals surface area contributed by atoms with E-state index in [4.69, 9.17) is 27.6 Å². The van der Waals surface area contributed by atoms with Gasteiger partial charge in [-0.05, 0) is 43.3 Å². The SMILES string of the molecule is CC(C(N)=O)N(c1ccc(F)cc1)c1nc(N)c(C(=O)c2cc(-c3ccc(Cl)cc3)no2)s1. The molecule has 0 saturated heterocycles. The van der Waals surface area contributed by atoms with E-state index in [2.05, 4.69) is 10.1 Å². The normalized spacial score (nSPS) is 11.8. The Balaban J connectivity index is 1.68. The van der Waals surface area contributed by atoms with Crippen LogP contribution in [0.3, 0.4) is 0 Å². The first-order chi connectivity index (χ1) is 15.7. The molecule has 1 amide bonds. The van der Waals surface area contributed by atoms with Gasteiger partial charge in [0.1, 0.15) is 28.2 Å². The Morgan fingerprint density at radius 2 is 1.82 bits per heavy atom. The zero-order valence-electron chi connectivity index (χ0n) is 17.2. The first kappa shape index (κ1) is 22.4. The Morgan fingerprint density at radius 3 is 2.45 bits per heavy atom. The number of benzene rings is 2. The number of halogens is 2. The standard InChI is InChI=1S/C22H17ClFN5O3S/c1-11(21(26)31)29(15-8-6-14(24)7-9-15)22-27-20(25)19(33-22)18(30)17-10-16(28-32-17)12-2-4-13(23)5-3-12/h2-11H,25H2,1H3,(H2,26,31). The number of amides is 1. The van der Waals surface area contributed by atoms with Crippen molar-refractivity contribution in [3.8, 4) is 11.3 Å². The van der Waals surface area contributed by atoms with Gasteiger partial charge in [-0.3, -0.25) is 9.59 Å². The highest BCUT2D eigenvalue weighted by molar-refractivity contribution is 7.18. The van der Waals surface area contributed by atoms with Crippen molar-refractivity contribution in [2.45, 2.75) is 13.0 Å². The minimum Gasteiger partial charge on any atom is -0.382 e. The lowest BCUT2D eigenvalue weighted by molar-refractivity contribution is -0.118. The van der Waals surface area contributed by atoms with E-state index in [9.17, 15) is 14.0 Å². The molecule has 33 heavy (non-hydrogen) atoms. The maximum Gasteiger partial charge on any atom is 0.244 e. The van der Waals surface area contributed by atoms with Crippen LogP contribution in [0.1, 0.15) is 22.4 Å². The molecule has 0 saturated carbocycles. The van der Waals surface area contributed by atoms with Crippen LogP contribution < -0.4 is 16.4 Å². The molecule has 2 aromatic heterocycles. The lowest BCUT2D eigenvalue weighted by Crippen LogP contribution is -2.39. The number of nitrogen functional groups attached to an aromatic ring is 1. The van der Waals surface area contributed by atoms with Gasteiger partial charge in [0.25, 0.3) is 0 Å². The number of ketones is 1. The third kappa shape index (κ3) is 4.57. The largest absolute Gasteiger partial charge is 0.382 e. The number of rotatable bonds is 7. The third-order valence-electron chi connectivity index (χ3n) is 4.83. The molecule has 0 aliphatic rings. The number of nitrogens with zero attached hydrogens (tertiary/aromatic N) is 3. The number of hydrogen-bond donors (Lipinski definition) is 2. The molecular formula is C22H17ClFN5O3S. The first-order valence-electron chi connectivity index (χ1n) is 9.62. The maximum absolute atomic E-state index is 13.4. The Labute approximate surface area is 196 Å². The number of hydrogen-bond acceptors (Lipinski definition) is 8. The summed E-state index contributed by atoms with van der Waals surface area (Å²) in [5.41, 5.74) is 13.2. The van der Waals surface area contributed by atoms with Gasteiger partial charge in [-0.15, -0.1) is 0 Å². The van der Waals surface area contributed by atoms with Crippen molar-refractivity contribution in [1.82, 2.24) is 10.1 Å². The van der Waals surface area contributed by atoms with Crippen molar-refractivity contribution in [3.63, 3.8) is 0 Å². The van der Waals surface area contributed by atoms with Crippen LogP contribution in [-0.4, -0.2) is 27.9 Å². The third-order valence-corrected chi connectivity index (χ3v) is 6.15. The van der Waals surface area contributed by atoms with Crippen molar-refractivity contribution in [3.05, 3.63) is 76.1 Å². The quantitative estimate of drug-likeness (QED) is 0.371. The second kappa shape index (κ2) is 9.00. The average molecular weight is 486 g/mol. The molecule has 4 aromatic rings. The highest BCUT2D eigenvalue weighted by Gasteiger charge is 2.28. The summed E-state index contributed by atoms with van der Waals surface area (Å²) < 4.78 is 18.6. The minimum absolute atomic E-state index is 0.0295. The summed E-state index contributed by atoms with van der Waals surface area (Å²) >= 11 is 6.86. The van der Waals surface area contributed by atoms with E-state index in [0.29, 0.717) is 16.4 Å². The summed E-state index contributed by atoms with van der Waals surface area (Å²) in [7, 11) is 0. The zero-order valence-corrected chi connectivity index (χ0v) is 18.7. The number of aromatic nitrogens is 2. The van der Waals surface area contributed by atoms with Gasteiger partial charge in [0.2, 0.25) is 17.5 Å². The Bertz CT molecular complexity index is 1320. The molecule has 4 rings (SSSR count). The van der Waals surface area contributed by atoms with Crippen LogP contribution in [-0.2, 0) is 4.79 Å². The van der Waals surface area contributed by atoms with Gasteiger partial charge in [-0.25, -0.2) is 9.37 Å². The van der Waals surface area contributed by atoms with E-state index >= 15 is 0 Å². The van der Waals surface area contributed by atoms with E-state index < -0.39 is 23.5 Å². The molecule has 168 valence electrons. The van der Waals surface area contributed by atoms with Crippen molar-refractivity contribution < 1.29 is 18.5 Å². The fourth-order valence-corrected chi connectivity index (χ4v) is 4.22. The molecule has 0 radical (unpaired) electrons. The van der Waals surface area contributed by atoms with Crippen LogP contribution in [0.4, 0.5) is 21.0 Å². The van der Waals surface area contributed by atoms with Crippen molar-refractivity contribution in [2.24, 2.45) is 5.73 Å². The van der Waals surface area contributed by atoms with Gasteiger partial charge in [-0.2, -0.15) is 0 Å². The van der Waals surface area contributed by atoms with Crippen molar-refractivity contribution in [2.75, 3.05) is 10.6 Å².